The lowest BCUT2D eigenvalue weighted by atomic mass is 9.87. The summed E-state index contributed by atoms with van der Waals surface area (Å²) in [4.78, 5) is 0. The standard InChI is InChI=1S/C16H30OSi/c1-18(2,11-10-13-6-4-3-5-7-13)14-8-9-15-16(12-14)17-15/h13-16H,3-12H2,1-2H3. The third kappa shape index (κ3) is 3.01. The zero-order valence-electron chi connectivity index (χ0n) is 12.3. The molecule has 3 unspecified atom stereocenters. The largest absolute Gasteiger partial charge is 0.370 e. The first-order chi connectivity index (χ1) is 8.65. The predicted molar refractivity (Wildman–Crippen MR) is 79.7 cm³/mol. The van der Waals surface area contributed by atoms with Gasteiger partial charge in [-0.05, 0) is 24.3 Å². The van der Waals surface area contributed by atoms with Crippen molar-refractivity contribution in [3.8, 4) is 0 Å². The Morgan fingerprint density at radius 1 is 0.944 bits per heavy atom. The SMILES string of the molecule is C[Si](C)(CCC1CCCCC1)C1CCC2OC2C1. The van der Waals surface area contributed by atoms with Gasteiger partial charge in [0.2, 0.25) is 0 Å². The highest BCUT2D eigenvalue weighted by molar-refractivity contribution is 6.78. The summed E-state index contributed by atoms with van der Waals surface area (Å²) in [6.45, 7) is 5.31. The predicted octanol–water partition coefficient (Wildman–Crippen LogP) is 4.99. The molecule has 3 aliphatic rings. The quantitative estimate of drug-likeness (QED) is 0.516. The Morgan fingerprint density at radius 2 is 1.72 bits per heavy atom. The van der Waals surface area contributed by atoms with E-state index in [1.165, 1.54) is 51.4 Å². The van der Waals surface area contributed by atoms with Gasteiger partial charge in [0.05, 0.1) is 20.3 Å². The van der Waals surface area contributed by atoms with Gasteiger partial charge in [-0.1, -0.05) is 64.1 Å². The Kier molecular flexibility index (Phi) is 3.86. The summed E-state index contributed by atoms with van der Waals surface area (Å²) in [6.07, 6.45) is 14.8. The van der Waals surface area contributed by atoms with Gasteiger partial charge < -0.3 is 4.74 Å². The fraction of sp³-hybridized carbons (Fsp3) is 1.00. The van der Waals surface area contributed by atoms with E-state index in [2.05, 4.69) is 13.1 Å². The van der Waals surface area contributed by atoms with Crippen LogP contribution in [0.4, 0.5) is 0 Å². The lowest BCUT2D eigenvalue weighted by Gasteiger charge is -2.35. The first-order valence-corrected chi connectivity index (χ1v) is 11.6. The van der Waals surface area contributed by atoms with Crippen LogP contribution < -0.4 is 0 Å². The van der Waals surface area contributed by atoms with Gasteiger partial charge in [-0.2, -0.15) is 0 Å². The van der Waals surface area contributed by atoms with Crippen molar-refractivity contribution < 1.29 is 4.74 Å². The topological polar surface area (TPSA) is 12.5 Å². The molecule has 0 aromatic rings. The summed E-state index contributed by atoms with van der Waals surface area (Å²) in [7, 11) is -0.982. The van der Waals surface area contributed by atoms with Crippen LogP contribution in [0.15, 0.2) is 0 Å². The van der Waals surface area contributed by atoms with E-state index in [4.69, 9.17) is 4.74 Å². The maximum atomic E-state index is 5.72. The van der Waals surface area contributed by atoms with Crippen LogP contribution in [0.25, 0.3) is 0 Å². The molecule has 3 rings (SSSR count). The molecule has 2 saturated carbocycles. The molecule has 0 aromatic heterocycles. The van der Waals surface area contributed by atoms with E-state index in [1.54, 1.807) is 12.5 Å². The van der Waals surface area contributed by atoms with Gasteiger partial charge in [0, 0.05) is 0 Å². The molecule has 2 heteroatoms. The smallest absolute Gasteiger partial charge is 0.0841 e. The summed E-state index contributed by atoms with van der Waals surface area (Å²) < 4.78 is 5.72. The minimum absolute atomic E-state index is 0.685. The summed E-state index contributed by atoms with van der Waals surface area (Å²) >= 11 is 0. The van der Waals surface area contributed by atoms with Crippen molar-refractivity contribution in [1.82, 2.24) is 0 Å². The molecule has 0 radical (unpaired) electrons. The average Bonchev–Trinajstić information content (AvgIpc) is 3.16. The van der Waals surface area contributed by atoms with Crippen LogP contribution >= 0.6 is 0 Å². The van der Waals surface area contributed by atoms with Gasteiger partial charge in [0.25, 0.3) is 0 Å². The van der Waals surface area contributed by atoms with Crippen molar-refractivity contribution >= 4 is 8.07 Å². The van der Waals surface area contributed by atoms with Crippen molar-refractivity contribution in [3.63, 3.8) is 0 Å². The molecule has 3 atom stereocenters. The molecule has 104 valence electrons. The molecule has 0 aromatic carbocycles. The Hall–Kier alpha value is 0.177. The fourth-order valence-corrected chi connectivity index (χ4v) is 7.75. The van der Waals surface area contributed by atoms with Crippen molar-refractivity contribution in [2.45, 2.75) is 94.7 Å². The van der Waals surface area contributed by atoms with Crippen LogP contribution in [-0.2, 0) is 4.74 Å². The molecule has 1 heterocycles. The van der Waals surface area contributed by atoms with E-state index in [0.29, 0.717) is 12.2 Å². The zero-order valence-corrected chi connectivity index (χ0v) is 13.3. The van der Waals surface area contributed by atoms with Crippen LogP contribution in [0.5, 0.6) is 0 Å². The van der Waals surface area contributed by atoms with E-state index < -0.39 is 8.07 Å². The fourth-order valence-electron chi connectivity index (χ4n) is 4.37. The second-order valence-electron chi connectivity index (χ2n) is 7.75. The minimum Gasteiger partial charge on any atom is -0.370 e. The molecule has 1 aliphatic heterocycles. The molecule has 0 amide bonds. The van der Waals surface area contributed by atoms with E-state index in [-0.39, 0.29) is 0 Å². The van der Waals surface area contributed by atoms with Crippen molar-refractivity contribution in [3.05, 3.63) is 0 Å². The highest BCUT2D eigenvalue weighted by Gasteiger charge is 2.47. The Morgan fingerprint density at radius 3 is 2.44 bits per heavy atom. The van der Waals surface area contributed by atoms with Crippen molar-refractivity contribution in [1.29, 1.82) is 0 Å². The van der Waals surface area contributed by atoms with Crippen LogP contribution in [-0.4, -0.2) is 20.3 Å². The normalized spacial score (nSPS) is 37.3. The second kappa shape index (κ2) is 5.28. The number of hydrogen-bond acceptors (Lipinski definition) is 1. The molecule has 0 spiro atoms. The Labute approximate surface area is 114 Å². The van der Waals surface area contributed by atoms with Gasteiger partial charge in [0.1, 0.15) is 0 Å². The van der Waals surface area contributed by atoms with E-state index in [1.807, 2.05) is 0 Å². The van der Waals surface area contributed by atoms with Crippen molar-refractivity contribution in [2.75, 3.05) is 0 Å². The molecule has 3 fully saturated rings. The third-order valence-electron chi connectivity index (χ3n) is 6.03. The molecule has 1 saturated heterocycles. The van der Waals surface area contributed by atoms with Crippen molar-refractivity contribution in [2.24, 2.45) is 5.92 Å². The lowest BCUT2D eigenvalue weighted by molar-refractivity contribution is 0.347. The molecule has 0 N–H and O–H groups in total. The van der Waals surface area contributed by atoms with Crippen LogP contribution in [0, 0.1) is 5.92 Å². The molecule has 18 heavy (non-hydrogen) atoms. The molecule has 2 aliphatic carbocycles. The van der Waals surface area contributed by atoms with Gasteiger partial charge >= 0.3 is 0 Å². The van der Waals surface area contributed by atoms with E-state index in [0.717, 1.165) is 11.5 Å². The van der Waals surface area contributed by atoms with Gasteiger partial charge in [-0.25, -0.2) is 0 Å². The number of hydrogen-bond donors (Lipinski definition) is 0. The summed E-state index contributed by atoms with van der Waals surface area (Å²) in [5.74, 6) is 1.08. The second-order valence-corrected chi connectivity index (χ2v) is 13.0. The average molecular weight is 267 g/mol. The first-order valence-electron chi connectivity index (χ1n) is 8.30. The summed E-state index contributed by atoms with van der Waals surface area (Å²) in [5.41, 5.74) is 1.06. The lowest BCUT2D eigenvalue weighted by Crippen LogP contribution is -2.35. The van der Waals surface area contributed by atoms with Gasteiger partial charge in [-0.3, -0.25) is 0 Å². The maximum absolute atomic E-state index is 5.72. The van der Waals surface area contributed by atoms with Crippen LogP contribution in [0.1, 0.15) is 57.8 Å². The number of fused-ring (bicyclic) bond motifs is 1. The Bertz CT molecular complexity index is 283. The number of epoxide rings is 1. The summed E-state index contributed by atoms with van der Waals surface area (Å²) in [6, 6.07) is 1.58. The van der Waals surface area contributed by atoms with Crippen LogP contribution in [0.3, 0.4) is 0 Å². The first kappa shape index (κ1) is 13.2. The number of ether oxygens (including phenoxy) is 1. The molecular formula is C16H30OSi. The molecule has 1 nitrogen and oxygen atoms in total. The highest BCUT2D eigenvalue weighted by Crippen LogP contribution is 2.48. The third-order valence-corrected chi connectivity index (χ3v) is 10.3. The van der Waals surface area contributed by atoms with E-state index in [9.17, 15) is 0 Å². The highest BCUT2D eigenvalue weighted by atomic mass is 28.3. The van der Waals surface area contributed by atoms with Gasteiger partial charge in [-0.15, -0.1) is 0 Å². The monoisotopic (exact) mass is 266 g/mol. The molecule has 0 bridgehead atoms. The van der Waals surface area contributed by atoms with Gasteiger partial charge in [0.15, 0.2) is 0 Å². The van der Waals surface area contributed by atoms with Crippen LogP contribution in [0.2, 0.25) is 24.7 Å². The maximum Gasteiger partial charge on any atom is 0.0841 e. The number of rotatable bonds is 4. The minimum atomic E-state index is -0.982. The molecular weight excluding hydrogens is 236 g/mol. The summed E-state index contributed by atoms with van der Waals surface area (Å²) in [5, 5.41) is 0. The zero-order chi connectivity index (χ0) is 12.6. The Balaban J connectivity index is 1.47. The van der Waals surface area contributed by atoms with E-state index >= 15 is 0 Å².